The second kappa shape index (κ2) is 7.79. The standard InChI is InChI=1S/C19H26F2N2O2/c1-12(2)22-18(24)8-17-15-6-7-23(10-14(15)11-25-17)9-13-4-3-5-16(20)19(13)21/h3-5,12,14-15,17H,6-11H2,1-2H3,(H,22,24)/t14-,15-,17+/m1/s1. The van der Waals surface area contributed by atoms with Crippen molar-refractivity contribution in [3.05, 3.63) is 35.4 Å². The Kier molecular flexibility index (Phi) is 5.69. The van der Waals surface area contributed by atoms with Gasteiger partial charge < -0.3 is 10.1 Å². The molecule has 0 bridgehead atoms. The summed E-state index contributed by atoms with van der Waals surface area (Å²) in [7, 11) is 0. The Bertz CT molecular complexity index is 623. The van der Waals surface area contributed by atoms with Gasteiger partial charge in [0.05, 0.1) is 19.1 Å². The van der Waals surface area contributed by atoms with E-state index < -0.39 is 11.6 Å². The number of carbonyl (C=O) groups is 1. The molecular formula is C19H26F2N2O2. The van der Waals surface area contributed by atoms with Crippen molar-refractivity contribution in [3.63, 3.8) is 0 Å². The van der Waals surface area contributed by atoms with Crippen LogP contribution in [0.4, 0.5) is 8.78 Å². The molecule has 4 nitrogen and oxygen atoms in total. The third-order valence-electron chi connectivity index (χ3n) is 5.14. The first-order valence-electron chi connectivity index (χ1n) is 9.00. The topological polar surface area (TPSA) is 41.6 Å². The van der Waals surface area contributed by atoms with Gasteiger partial charge >= 0.3 is 0 Å². The van der Waals surface area contributed by atoms with Crippen LogP contribution in [0, 0.1) is 23.5 Å². The number of hydrogen-bond donors (Lipinski definition) is 1. The molecular weight excluding hydrogens is 326 g/mol. The molecule has 2 heterocycles. The van der Waals surface area contributed by atoms with E-state index in [0.717, 1.165) is 25.6 Å². The smallest absolute Gasteiger partial charge is 0.222 e. The monoisotopic (exact) mass is 352 g/mol. The van der Waals surface area contributed by atoms with Crippen LogP contribution < -0.4 is 5.32 Å². The molecule has 6 heteroatoms. The highest BCUT2D eigenvalue weighted by Gasteiger charge is 2.41. The molecule has 3 atom stereocenters. The summed E-state index contributed by atoms with van der Waals surface area (Å²) in [5, 5.41) is 2.91. The minimum atomic E-state index is -0.798. The number of rotatable bonds is 5. The van der Waals surface area contributed by atoms with Gasteiger partial charge in [-0.2, -0.15) is 0 Å². The van der Waals surface area contributed by atoms with E-state index >= 15 is 0 Å². The van der Waals surface area contributed by atoms with Crippen molar-refractivity contribution < 1.29 is 18.3 Å². The van der Waals surface area contributed by atoms with Gasteiger partial charge in [0.15, 0.2) is 11.6 Å². The summed E-state index contributed by atoms with van der Waals surface area (Å²) in [5.41, 5.74) is 0.394. The van der Waals surface area contributed by atoms with Crippen LogP contribution in [-0.4, -0.2) is 42.6 Å². The summed E-state index contributed by atoms with van der Waals surface area (Å²) in [4.78, 5) is 14.1. The van der Waals surface area contributed by atoms with Crippen molar-refractivity contribution in [1.29, 1.82) is 0 Å². The van der Waals surface area contributed by atoms with E-state index in [4.69, 9.17) is 4.74 Å². The summed E-state index contributed by atoms with van der Waals surface area (Å²) in [6.45, 7) is 6.53. The van der Waals surface area contributed by atoms with E-state index in [-0.39, 0.29) is 18.1 Å². The number of hydrogen-bond acceptors (Lipinski definition) is 3. The SMILES string of the molecule is CC(C)NC(=O)C[C@@H]1OC[C@H]2CN(Cc3cccc(F)c3F)CC[C@H]21. The summed E-state index contributed by atoms with van der Waals surface area (Å²) in [6.07, 6.45) is 1.29. The average Bonchev–Trinajstić information content (AvgIpc) is 2.93. The van der Waals surface area contributed by atoms with Crippen molar-refractivity contribution in [2.75, 3.05) is 19.7 Å². The van der Waals surface area contributed by atoms with Gasteiger partial charge in [-0.1, -0.05) is 12.1 Å². The summed E-state index contributed by atoms with van der Waals surface area (Å²) in [6, 6.07) is 4.45. The predicted octanol–water partition coefficient (Wildman–Crippen LogP) is 2.72. The fourth-order valence-electron chi connectivity index (χ4n) is 3.99. The molecule has 1 aromatic carbocycles. The third-order valence-corrected chi connectivity index (χ3v) is 5.14. The van der Waals surface area contributed by atoms with Gasteiger partial charge in [-0.3, -0.25) is 9.69 Å². The molecule has 3 rings (SSSR count). The molecule has 1 aromatic rings. The zero-order chi connectivity index (χ0) is 18.0. The van der Waals surface area contributed by atoms with Crippen molar-refractivity contribution in [2.45, 2.75) is 45.4 Å². The molecule has 0 unspecified atom stereocenters. The number of fused-ring (bicyclic) bond motifs is 1. The molecule has 2 fully saturated rings. The van der Waals surface area contributed by atoms with Crippen LogP contribution >= 0.6 is 0 Å². The van der Waals surface area contributed by atoms with Crippen molar-refractivity contribution in [3.8, 4) is 0 Å². The Balaban J connectivity index is 1.55. The second-order valence-electron chi connectivity index (χ2n) is 7.46. The predicted molar refractivity (Wildman–Crippen MR) is 90.9 cm³/mol. The molecule has 0 radical (unpaired) electrons. The Morgan fingerprint density at radius 1 is 1.40 bits per heavy atom. The van der Waals surface area contributed by atoms with Crippen LogP contribution in [0.25, 0.3) is 0 Å². The minimum Gasteiger partial charge on any atom is -0.377 e. The second-order valence-corrected chi connectivity index (χ2v) is 7.46. The lowest BCUT2D eigenvalue weighted by atomic mass is 9.83. The fourth-order valence-corrected chi connectivity index (χ4v) is 3.99. The Hall–Kier alpha value is -1.53. The van der Waals surface area contributed by atoms with E-state index in [1.165, 1.54) is 0 Å². The van der Waals surface area contributed by atoms with E-state index in [2.05, 4.69) is 10.2 Å². The quantitative estimate of drug-likeness (QED) is 0.886. The van der Waals surface area contributed by atoms with Crippen LogP contribution in [0.1, 0.15) is 32.3 Å². The van der Waals surface area contributed by atoms with Gasteiger partial charge in [0.2, 0.25) is 5.91 Å². The van der Waals surface area contributed by atoms with Crippen LogP contribution in [-0.2, 0) is 16.1 Å². The molecule has 25 heavy (non-hydrogen) atoms. The van der Waals surface area contributed by atoms with Gasteiger partial charge in [-0.15, -0.1) is 0 Å². The number of nitrogens with zero attached hydrogens (tertiary/aromatic N) is 1. The Labute approximate surface area is 147 Å². The molecule has 0 aliphatic carbocycles. The fraction of sp³-hybridized carbons (Fsp3) is 0.632. The van der Waals surface area contributed by atoms with Gasteiger partial charge in [0, 0.05) is 30.6 Å². The summed E-state index contributed by atoms with van der Waals surface area (Å²) < 4.78 is 33.1. The van der Waals surface area contributed by atoms with Gasteiger partial charge in [-0.05, 0) is 38.8 Å². The van der Waals surface area contributed by atoms with Gasteiger partial charge in [0.25, 0.3) is 0 Å². The first kappa shape index (κ1) is 18.3. The number of amides is 1. The first-order chi connectivity index (χ1) is 11.9. The van der Waals surface area contributed by atoms with E-state index in [0.29, 0.717) is 37.0 Å². The number of halogens is 2. The largest absolute Gasteiger partial charge is 0.377 e. The van der Waals surface area contributed by atoms with E-state index in [9.17, 15) is 13.6 Å². The molecule has 0 spiro atoms. The maximum Gasteiger partial charge on any atom is 0.222 e. The number of carbonyl (C=O) groups excluding carboxylic acids is 1. The first-order valence-corrected chi connectivity index (χ1v) is 9.00. The maximum atomic E-state index is 13.9. The lowest BCUT2D eigenvalue weighted by Gasteiger charge is -2.35. The van der Waals surface area contributed by atoms with E-state index in [1.807, 2.05) is 13.8 Å². The Morgan fingerprint density at radius 2 is 2.20 bits per heavy atom. The van der Waals surface area contributed by atoms with Crippen LogP contribution in [0.15, 0.2) is 18.2 Å². The molecule has 1 amide bonds. The molecule has 138 valence electrons. The molecule has 2 aliphatic heterocycles. The zero-order valence-electron chi connectivity index (χ0n) is 14.8. The molecule has 2 saturated heterocycles. The number of likely N-dealkylation sites (tertiary alicyclic amines) is 1. The van der Waals surface area contributed by atoms with Gasteiger partial charge in [-0.25, -0.2) is 8.78 Å². The highest BCUT2D eigenvalue weighted by Crippen LogP contribution is 2.36. The lowest BCUT2D eigenvalue weighted by molar-refractivity contribution is -0.124. The van der Waals surface area contributed by atoms with Crippen molar-refractivity contribution in [2.24, 2.45) is 11.8 Å². The van der Waals surface area contributed by atoms with Crippen molar-refractivity contribution >= 4 is 5.91 Å². The number of ether oxygens (including phenoxy) is 1. The normalized spacial score (nSPS) is 26.7. The number of piperidine rings is 1. The Morgan fingerprint density at radius 3 is 2.96 bits per heavy atom. The average molecular weight is 352 g/mol. The van der Waals surface area contributed by atoms with E-state index in [1.54, 1.807) is 12.1 Å². The highest BCUT2D eigenvalue weighted by molar-refractivity contribution is 5.76. The summed E-state index contributed by atoms with van der Waals surface area (Å²) >= 11 is 0. The minimum absolute atomic E-state index is 0.0307. The molecule has 0 aromatic heterocycles. The van der Waals surface area contributed by atoms with Crippen LogP contribution in [0.3, 0.4) is 0 Å². The third kappa shape index (κ3) is 4.36. The summed E-state index contributed by atoms with van der Waals surface area (Å²) in [5.74, 6) is -0.804. The molecule has 1 N–H and O–H groups in total. The maximum absolute atomic E-state index is 13.9. The number of benzene rings is 1. The van der Waals surface area contributed by atoms with Crippen LogP contribution in [0.5, 0.6) is 0 Å². The van der Waals surface area contributed by atoms with Gasteiger partial charge in [0.1, 0.15) is 0 Å². The molecule has 0 saturated carbocycles. The zero-order valence-corrected chi connectivity index (χ0v) is 14.8. The lowest BCUT2D eigenvalue weighted by Crippen LogP contribution is -2.42. The highest BCUT2D eigenvalue weighted by atomic mass is 19.2. The van der Waals surface area contributed by atoms with Crippen molar-refractivity contribution in [1.82, 2.24) is 10.2 Å². The van der Waals surface area contributed by atoms with Crippen LogP contribution in [0.2, 0.25) is 0 Å². The molecule has 2 aliphatic rings. The number of nitrogens with one attached hydrogen (secondary N) is 1.